The number of nitrogens with one attached hydrogen (secondary N) is 1. The number of aryl methyl sites for hydroxylation is 1. The Morgan fingerprint density at radius 3 is 2.38 bits per heavy atom. The molecule has 5 rings (SSSR count). The molecule has 2 aromatic heterocycles. The van der Waals surface area contributed by atoms with Crippen LogP contribution in [0.3, 0.4) is 0 Å². The highest BCUT2D eigenvalue weighted by atomic mass is 16.5. The lowest BCUT2D eigenvalue weighted by molar-refractivity contribution is 0.101. The average Bonchev–Trinajstić information content (AvgIpc) is 3.51. The van der Waals surface area contributed by atoms with Gasteiger partial charge in [-0.3, -0.25) is 4.79 Å². The van der Waals surface area contributed by atoms with Gasteiger partial charge in [0.2, 0.25) is 5.82 Å². The quantitative estimate of drug-likeness (QED) is 0.395. The first-order chi connectivity index (χ1) is 15.7. The van der Waals surface area contributed by atoms with Crippen LogP contribution in [-0.4, -0.2) is 21.2 Å². The second-order valence-electron chi connectivity index (χ2n) is 7.27. The summed E-state index contributed by atoms with van der Waals surface area (Å²) in [6.45, 7) is 2.01. The van der Waals surface area contributed by atoms with E-state index in [-0.39, 0.29) is 11.6 Å². The zero-order valence-corrected chi connectivity index (χ0v) is 17.1. The summed E-state index contributed by atoms with van der Waals surface area (Å²) in [7, 11) is 0. The van der Waals surface area contributed by atoms with Crippen molar-refractivity contribution < 1.29 is 13.8 Å². The van der Waals surface area contributed by atoms with Crippen LogP contribution in [0.1, 0.15) is 16.1 Å². The monoisotopic (exact) mass is 422 g/mol. The Morgan fingerprint density at radius 1 is 0.781 bits per heavy atom. The second kappa shape index (κ2) is 8.31. The van der Waals surface area contributed by atoms with Crippen LogP contribution in [0.15, 0.2) is 94.0 Å². The Bertz CT molecular complexity index is 1370. The Morgan fingerprint density at radius 2 is 1.56 bits per heavy atom. The van der Waals surface area contributed by atoms with Gasteiger partial charge in [-0.2, -0.15) is 4.98 Å². The minimum atomic E-state index is -0.375. The number of carbonyl (C=O) groups excluding carboxylic acids is 1. The van der Waals surface area contributed by atoms with Crippen LogP contribution >= 0.6 is 0 Å². The summed E-state index contributed by atoms with van der Waals surface area (Å²) in [5.41, 5.74) is 4.32. The van der Waals surface area contributed by atoms with Crippen molar-refractivity contribution in [2.75, 3.05) is 5.32 Å². The third-order valence-corrected chi connectivity index (χ3v) is 4.90. The van der Waals surface area contributed by atoms with Gasteiger partial charge in [-0.1, -0.05) is 76.5 Å². The molecule has 1 amide bonds. The average molecular weight is 422 g/mol. The summed E-state index contributed by atoms with van der Waals surface area (Å²) in [6.07, 6.45) is 0. The second-order valence-corrected chi connectivity index (χ2v) is 7.27. The van der Waals surface area contributed by atoms with E-state index in [1.54, 1.807) is 24.3 Å². The lowest BCUT2D eigenvalue weighted by atomic mass is 10.1. The Labute approximate surface area is 183 Å². The first-order valence-corrected chi connectivity index (χ1v) is 10.0. The summed E-state index contributed by atoms with van der Waals surface area (Å²) >= 11 is 0. The van der Waals surface area contributed by atoms with Crippen molar-refractivity contribution >= 4 is 11.6 Å². The molecular weight excluding hydrogens is 404 g/mol. The molecule has 32 heavy (non-hydrogen) atoms. The molecule has 156 valence electrons. The summed E-state index contributed by atoms with van der Waals surface area (Å²) in [5.74, 6) is 1.02. The molecule has 7 heteroatoms. The van der Waals surface area contributed by atoms with E-state index >= 15 is 0 Å². The number of benzene rings is 3. The SMILES string of the molecule is Cc1ccc(-c2cc(C(=O)Nc3cccc(-c4nc(-c5ccccc5)no4)c3)no2)cc1. The van der Waals surface area contributed by atoms with Crippen LogP contribution in [0.5, 0.6) is 0 Å². The van der Waals surface area contributed by atoms with Crippen molar-refractivity contribution in [1.82, 2.24) is 15.3 Å². The maximum Gasteiger partial charge on any atom is 0.277 e. The normalized spacial score (nSPS) is 10.8. The predicted molar refractivity (Wildman–Crippen MR) is 120 cm³/mol. The zero-order valence-electron chi connectivity index (χ0n) is 17.1. The van der Waals surface area contributed by atoms with Crippen LogP contribution in [0.2, 0.25) is 0 Å². The van der Waals surface area contributed by atoms with E-state index in [0.29, 0.717) is 28.7 Å². The van der Waals surface area contributed by atoms with E-state index < -0.39 is 0 Å². The van der Waals surface area contributed by atoms with Gasteiger partial charge in [0.05, 0.1) is 0 Å². The Kier molecular flexibility index (Phi) is 5.05. The predicted octanol–water partition coefficient (Wildman–Crippen LogP) is 5.62. The summed E-state index contributed by atoms with van der Waals surface area (Å²) in [6, 6.07) is 26.2. The van der Waals surface area contributed by atoms with Crippen LogP contribution < -0.4 is 5.32 Å². The van der Waals surface area contributed by atoms with E-state index in [4.69, 9.17) is 9.05 Å². The summed E-state index contributed by atoms with van der Waals surface area (Å²) in [4.78, 5) is 17.1. The molecule has 0 aliphatic heterocycles. The first kappa shape index (κ1) is 19.4. The number of carbonyl (C=O) groups is 1. The molecule has 0 unspecified atom stereocenters. The fourth-order valence-corrected chi connectivity index (χ4v) is 3.21. The van der Waals surface area contributed by atoms with E-state index in [0.717, 1.165) is 16.7 Å². The number of anilines is 1. The van der Waals surface area contributed by atoms with Gasteiger partial charge in [-0.05, 0) is 25.1 Å². The van der Waals surface area contributed by atoms with Crippen molar-refractivity contribution in [3.8, 4) is 34.2 Å². The van der Waals surface area contributed by atoms with Crippen molar-refractivity contribution in [2.45, 2.75) is 6.92 Å². The first-order valence-electron chi connectivity index (χ1n) is 10.0. The molecule has 3 aromatic carbocycles. The molecule has 0 fully saturated rings. The molecule has 0 bridgehead atoms. The van der Waals surface area contributed by atoms with Gasteiger partial charge in [-0.25, -0.2) is 0 Å². The van der Waals surface area contributed by atoms with E-state index in [2.05, 4.69) is 20.6 Å². The topological polar surface area (TPSA) is 94.1 Å². The maximum absolute atomic E-state index is 12.7. The van der Waals surface area contributed by atoms with Crippen molar-refractivity contribution in [3.05, 3.63) is 96.2 Å². The molecule has 0 aliphatic rings. The highest BCUT2D eigenvalue weighted by molar-refractivity contribution is 6.03. The number of hydrogen-bond donors (Lipinski definition) is 1. The molecule has 2 heterocycles. The Balaban J connectivity index is 1.33. The highest BCUT2D eigenvalue weighted by Crippen LogP contribution is 2.25. The van der Waals surface area contributed by atoms with E-state index in [1.807, 2.05) is 67.6 Å². The van der Waals surface area contributed by atoms with Gasteiger partial charge in [0.1, 0.15) is 0 Å². The Hall–Kier alpha value is -4.52. The van der Waals surface area contributed by atoms with Gasteiger partial charge in [-0.15, -0.1) is 0 Å². The highest BCUT2D eigenvalue weighted by Gasteiger charge is 2.15. The number of amides is 1. The fourth-order valence-electron chi connectivity index (χ4n) is 3.21. The zero-order chi connectivity index (χ0) is 21.9. The van der Waals surface area contributed by atoms with Gasteiger partial charge in [0.25, 0.3) is 11.8 Å². The molecule has 1 N–H and O–H groups in total. The number of hydrogen-bond acceptors (Lipinski definition) is 6. The maximum atomic E-state index is 12.7. The fraction of sp³-hybridized carbons (Fsp3) is 0.0400. The largest absolute Gasteiger partial charge is 0.355 e. The molecule has 0 spiro atoms. The summed E-state index contributed by atoms with van der Waals surface area (Å²) in [5, 5.41) is 10.8. The van der Waals surface area contributed by atoms with Crippen LogP contribution in [0.4, 0.5) is 5.69 Å². The molecule has 0 aliphatic carbocycles. The summed E-state index contributed by atoms with van der Waals surface area (Å²) < 4.78 is 10.8. The molecular formula is C25H18N4O3. The van der Waals surface area contributed by atoms with Crippen molar-refractivity contribution in [2.24, 2.45) is 0 Å². The van der Waals surface area contributed by atoms with E-state index in [1.165, 1.54) is 0 Å². The molecule has 7 nitrogen and oxygen atoms in total. The molecule has 0 saturated heterocycles. The molecule has 0 atom stereocenters. The lowest BCUT2D eigenvalue weighted by Crippen LogP contribution is -2.12. The van der Waals surface area contributed by atoms with Crippen molar-refractivity contribution in [3.63, 3.8) is 0 Å². The van der Waals surface area contributed by atoms with Gasteiger partial charge < -0.3 is 14.4 Å². The molecule has 5 aromatic rings. The standard InChI is InChI=1S/C25H18N4O3/c1-16-10-12-17(13-11-16)22-15-21(28-31-22)24(30)26-20-9-5-8-19(14-20)25-27-23(29-32-25)18-6-3-2-4-7-18/h2-15H,1H3,(H,26,30). The van der Waals surface area contributed by atoms with E-state index in [9.17, 15) is 4.79 Å². The number of nitrogens with zero attached hydrogens (tertiary/aromatic N) is 3. The smallest absolute Gasteiger partial charge is 0.277 e. The minimum Gasteiger partial charge on any atom is -0.355 e. The van der Waals surface area contributed by atoms with Crippen LogP contribution in [-0.2, 0) is 0 Å². The molecule has 0 saturated carbocycles. The van der Waals surface area contributed by atoms with Crippen molar-refractivity contribution in [1.29, 1.82) is 0 Å². The number of aromatic nitrogens is 3. The minimum absolute atomic E-state index is 0.190. The van der Waals surface area contributed by atoms with Gasteiger partial charge in [0.15, 0.2) is 11.5 Å². The van der Waals surface area contributed by atoms with Gasteiger partial charge in [0, 0.05) is 28.4 Å². The van der Waals surface area contributed by atoms with Crippen LogP contribution in [0, 0.1) is 6.92 Å². The third kappa shape index (κ3) is 4.04. The van der Waals surface area contributed by atoms with Crippen LogP contribution in [0.25, 0.3) is 34.2 Å². The number of rotatable bonds is 5. The molecule has 0 radical (unpaired) electrons. The third-order valence-electron chi connectivity index (χ3n) is 4.90. The van der Waals surface area contributed by atoms with Gasteiger partial charge >= 0.3 is 0 Å². The lowest BCUT2D eigenvalue weighted by Gasteiger charge is -2.03.